The van der Waals surface area contributed by atoms with Crippen molar-refractivity contribution in [3.05, 3.63) is 58.8 Å². The molecule has 0 radical (unpaired) electrons. The predicted octanol–water partition coefficient (Wildman–Crippen LogP) is 2.23. The van der Waals surface area contributed by atoms with Gasteiger partial charge >= 0.3 is 11.8 Å². The monoisotopic (exact) mass is 357 g/mol. The molecule has 0 unspecified atom stereocenters. The Morgan fingerprint density at radius 1 is 1.31 bits per heavy atom. The van der Waals surface area contributed by atoms with Gasteiger partial charge in [-0.3, -0.25) is 4.57 Å². The van der Waals surface area contributed by atoms with E-state index in [1.54, 1.807) is 18.2 Å². The van der Waals surface area contributed by atoms with Crippen LogP contribution in [-0.4, -0.2) is 37.2 Å². The van der Waals surface area contributed by atoms with Gasteiger partial charge in [0.15, 0.2) is 6.10 Å². The van der Waals surface area contributed by atoms with E-state index in [0.29, 0.717) is 18.1 Å². The van der Waals surface area contributed by atoms with Crippen molar-refractivity contribution in [1.29, 1.82) is 0 Å². The number of fused-ring (bicyclic) bond motifs is 1. The summed E-state index contributed by atoms with van der Waals surface area (Å²) >= 11 is 0. The van der Waals surface area contributed by atoms with E-state index in [0.717, 1.165) is 5.56 Å². The van der Waals surface area contributed by atoms with Gasteiger partial charge in [-0.15, -0.1) is 0 Å². The van der Waals surface area contributed by atoms with E-state index < -0.39 is 11.0 Å². The van der Waals surface area contributed by atoms with Crippen LogP contribution < -0.4 is 9.47 Å². The molecule has 3 aromatic rings. The summed E-state index contributed by atoms with van der Waals surface area (Å²) in [6, 6.07) is 7.75. The molecule has 9 nitrogen and oxygen atoms in total. The van der Waals surface area contributed by atoms with Crippen molar-refractivity contribution in [2.24, 2.45) is 0 Å². The molecule has 0 spiro atoms. The van der Waals surface area contributed by atoms with Crippen LogP contribution in [0.1, 0.15) is 0 Å². The fourth-order valence-corrected chi connectivity index (χ4v) is 2.58. The number of nitrogens with zero attached hydrogens (tertiary/aromatic N) is 5. The molecule has 0 N–H and O–H groups in total. The summed E-state index contributed by atoms with van der Waals surface area (Å²) < 4.78 is 25.8. The fourth-order valence-electron chi connectivity index (χ4n) is 2.58. The first-order chi connectivity index (χ1) is 12.6. The molecule has 4 rings (SSSR count). The Morgan fingerprint density at radius 3 is 2.88 bits per heavy atom. The lowest BCUT2D eigenvalue weighted by Gasteiger charge is -2.22. The molecule has 1 aromatic carbocycles. The van der Waals surface area contributed by atoms with Gasteiger partial charge in [-0.1, -0.05) is 0 Å². The number of imidazole rings is 1. The Bertz CT molecular complexity index is 960. The second-order valence-electron chi connectivity index (χ2n) is 5.59. The Morgan fingerprint density at radius 2 is 2.12 bits per heavy atom. The third kappa shape index (κ3) is 3.16. The van der Waals surface area contributed by atoms with Crippen molar-refractivity contribution < 1.29 is 18.8 Å². The van der Waals surface area contributed by atoms with Gasteiger partial charge in [-0.2, -0.15) is 0 Å². The van der Waals surface area contributed by atoms with Crippen molar-refractivity contribution in [3.63, 3.8) is 0 Å². The maximum atomic E-state index is 13.0. The molecule has 0 bridgehead atoms. The van der Waals surface area contributed by atoms with Crippen LogP contribution >= 0.6 is 0 Å². The van der Waals surface area contributed by atoms with Gasteiger partial charge in [0.05, 0.1) is 12.2 Å². The molecule has 0 saturated heterocycles. The molecule has 132 valence electrons. The Kier molecular flexibility index (Phi) is 3.92. The molecule has 0 saturated carbocycles. The van der Waals surface area contributed by atoms with Gasteiger partial charge in [-0.05, 0) is 29.2 Å². The number of hydrogen-bond acceptors (Lipinski definition) is 7. The molecular weight excluding hydrogens is 345 g/mol. The topological polar surface area (TPSA) is 105 Å². The third-order valence-electron chi connectivity index (χ3n) is 3.78. The average Bonchev–Trinajstić information content (AvgIpc) is 3.06. The van der Waals surface area contributed by atoms with E-state index >= 15 is 0 Å². The SMILES string of the molecule is O=[N+]([O-])c1cn2c(n1)OC[C@@H](Oc1cc(-c3ccc(F)cc3)ncn1)C2. The van der Waals surface area contributed by atoms with Gasteiger partial charge in [0, 0.05) is 16.6 Å². The number of aromatic nitrogens is 4. The van der Waals surface area contributed by atoms with E-state index in [-0.39, 0.29) is 24.3 Å². The zero-order valence-electron chi connectivity index (χ0n) is 13.3. The van der Waals surface area contributed by atoms with E-state index in [1.807, 2.05) is 0 Å². The fraction of sp³-hybridized carbons (Fsp3) is 0.188. The van der Waals surface area contributed by atoms with Gasteiger partial charge < -0.3 is 19.6 Å². The summed E-state index contributed by atoms with van der Waals surface area (Å²) in [4.78, 5) is 22.2. The zero-order valence-corrected chi connectivity index (χ0v) is 13.3. The van der Waals surface area contributed by atoms with Crippen LogP contribution in [0.25, 0.3) is 11.3 Å². The van der Waals surface area contributed by atoms with E-state index in [2.05, 4.69) is 15.0 Å². The molecule has 1 aliphatic rings. The molecular formula is C16H12FN5O4. The minimum Gasteiger partial charge on any atom is -0.469 e. The highest BCUT2D eigenvalue weighted by atomic mass is 19.1. The maximum Gasteiger partial charge on any atom is 0.414 e. The number of ether oxygens (including phenoxy) is 2. The molecule has 1 atom stereocenters. The highest BCUT2D eigenvalue weighted by Crippen LogP contribution is 2.24. The van der Waals surface area contributed by atoms with Crippen molar-refractivity contribution >= 4 is 5.82 Å². The highest BCUT2D eigenvalue weighted by Gasteiger charge is 2.29. The van der Waals surface area contributed by atoms with E-state index in [9.17, 15) is 14.5 Å². The average molecular weight is 357 g/mol. The summed E-state index contributed by atoms with van der Waals surface area (Å²) in [6.07, 6.45) is 2.26. The zero-order chi connectivity index (χ0) is 18.1. The molecule has 26 heavy (non-hydrogen) atoms. The Labute approximate surface area is 146 Å². The van der Waals surface area contributed by atoms with Gasteiger partial charge in [-0.25, -0.2) is 14.4 Å². The minimum atomic E-state index is -0.579. The first kappa shape index (κ1) is 15.9. The van der Waals surface area contributed by atoms with E-state index in [4.69, 9.17) is 9.47 Å². The first-order valence-corrected chi connectivity index (χ1v) is 7.67. The predicted molar refractivity (Wildman–Crippen MR) is 86.2 cm³/mol. The van der Waals surface area contributed by atoms with Crippen molar-refractivity contribution in [2.75, 3.05) is 6.61 Å². The van der Waals surface area contributed by atoms with Crippen LogP contribution in [-0.2, 0) is 6.54 Å². The largest absolute Gasteiger partial charge is 0.469 e. The highest BCUT2D eigenvalue weighted by molar-refractivity contribution is 5.59. The smallest absolute Gasteiger partial charge is 0.414 e. The quantitative estimate of drug-likeness (QED) is 0.521. The van der Waals surface area contributed by atoms with Gasteiger partial charge in [0.2, 0.25) is 5.88 Å². The standard InChI is InChI=1S/C16H12FN5O4/c17-11-3-1-10(2-4-11)13-5-15(19-9-18-13)26-12-6-21-7-14(22(23)24)20-16(21)25-8-12/h1-5,7,9,12H,6,8H2/t12-/m0/s1. The molecule has 0 aliphatic carbocycles. The first-order valence-electron chi connectivity index (χ1n) is 7.67. The minimum absolute atomic E-state index is 0.185. The number of hydrogen-bond donors (Lipinski definition) is 0. The number of nitro groups is 1. The summed E-state index contributed by atoms with van der Waals surface area (Å²) in [5.74, 6) is -0.281. The van der Waals surface area contributed by atoms with Crippen LogP contribution in [0, 0.1) is 15.9 Å². The third-order valence-corrected chi connectivity index (χ3v) is 3.78. The summed E-state index contributed by atoms with van der Waals surface area (Å²) in [5.41, 5.74) is 1.32. The molecule has 10 heteroatoms. The second kappa shape index (κ2) is 6.39. The lowest BCUT2D eigenvalue weighted by molar-refractivity contribution is -0.389. The van der Waals surface area contributed by atoms with Gasteiger partial charge in [0.25, 0.3) is 0 Å². The number of halogens is 1. The molecule has 0 fully saturated rings. The summed E-state index contributed by atoms with van der Waals surface area (Å²) in [5, 5.41) is 10.8. The number of benzene rings is 1. The van der Waals surface area contributed by atoms with E-state index in [1.165, 1.54) is 29.2 Å². The van der Waals surface area contributed by atoms with Gasteiger partial charge in [0.1, 0.15) is 24.9 Å². The van der Waals surface area contributed by atoms with Crippen molar-refractivity contribution in [2.45, 2.75) is 12.6 Å². The second-order valence-corrected chi connectivity index (χ2v) is 5.59. The normalized spacial score (nSPS) is 15.8. The molecule has 0 amide bonds. The summed E-state index contributed by atoms with van der Waals surface area (Å²) in [6.45, 7) is 0.524. The molecule has 2 aromatic heterocycles. The lowest BCUT2D eigenvalue weighted by Crippen LogP contribution is -2.34. The van der Waals surface area contributed by atoms with Crippen LogP contribution in [0.4, 0.5) is 10.2 Å². The van der Waals surface area contributed by atoms with Crippen LogP contribution in [0.2, 0.25) is 0 Å². The summed E-state index contributed by atoms with van der Waals surface area (Å²) in [7, 11) is 0. The van der Waals surface area contributed by atoms with Crippen molar-refractivity contribution in [3.8, 4) is 23.1 Å². The number of rotatable bonds is 4. The Balaban J connectivity index is 1.50. The van der Waals surface area contributed by atoms with Crippen LogP contribution in [0.3, 0.4) is 0 Å². The Hall–Kier alpha value is -3.56. The van der Waals surface area contributed by atoms with Crippen LogP contribution in [0.15, 0.2) is 42.9 Å². The lowest BCUT2D eigenvalue weighted by atomic mass is 10.1. The molecule has 3 heterocycles. The molecule has 1 aliphatic heterocycles. The van der Waals surface area contributed by atoms with Crippen molar-refractivity contribution in [1.82, 2.24) is 19.5 Å². The van der Waals surface area contributed by atoms with Crippen LogP contribution in [0.5, 0.6) is 11.9 Å². The maximum absolute atomic E-state index is 13.0.